The van der Waals surface area contributed by atoms with Crippen molar-refractivity contribution in [1.82, 2.24) is 0 Å². The molecule has 0 amide bonds. The van der Waals surface area contributed by atoms with E-state index in [4.69, 9.17) is 4.74 Å². The fraction of sp³-hybridized carbons (Fsp3) is 0.346. The van der Waals surface area contributed by atoms with Gasteiger partial charge < -0.3 is 9.94 Å². The van der Waals surface area contributed by atoms with Crippen molar-refractivity contribution >= 4 is 15.7 Å². The minimum absolute atomic E-state index is 0.103. The van der Waals surface area contributed by atoms with Gasteiger partial charge in [-0.2, -0.15) is 4.73 Å². The maximum Gasteiger partial charge on any atom is 0.232 e. The van der Waals surface area contributed by atoms with Crippen LogP contribution in [0.25, 0.3) is 11.1 Å². The van der Waals surface area contributed by atoms with Gasteiger partial charge in [0.1, 0.15) is 11.6 Å². The summed E-state index contributed by atoms with van der Waals surface area (Å²) in [6.07, 6.45) is 5.10. The SMILES string of the molecule is CCS(=O)(=O)Nc1ccc(Oc2ccc(F)cc2F)c(-c2cc(C)[n+]([O-])c(C3CCCCC3)c2)c1. The number of benzene rings is 2. The van der Waals surface area contributed by atoms with Gasteiger partial charge in [0.15, 0.2) is 23.0 Å². The maximum absolute atomic E-state index is 14.3. The highest BCUT2D eigenvalue weighted by Gasteiger charge is 2.25. The van der Waals surface area contributed by atoms with Crippen LogP contribution in [0.3, 0.4) is 0 Å². The van der Waals surface area contributed by atoms with E-state index >= 15 is 0 Å². The van der Waals surface area contributed by atoms with Gasteiger partial charge in [-0.05, 0) is 55.7 Å². The van der Waals surface area contributed by atoms with E-state index in [-0.39, 0.29) is 23.2 Å². The third kappa shape index (κ3) is 5.73. The van der Waals surface area contributed by atoms with E-state index in [9.17, 15) is 22.4 Å². The van der Waals surface area contributed by atoms with Gasteiger partial charge in [0, 0.05) is 42.3 Å². The predicted octanol–water partition coefficient (Wildman–Crippen LogP) is 6.18. The van der Waals surface area contributed by atoms with Gasteiger partial charge in [-0.25, -0.2) is 17.2 Å². The third-order valence-electron chi connectivity index (χ3n) is 6.30. The van der Waals surface area contributed by atoms with Crippen LogP contribution in [0.4, 0.5) is 14.5 Å². The molecule has 0 bridgehead atoms. The Hall–Kier alpha value is -3.20. The number of sulfonamides is 1. The van der Waals surface area contributed by atoms with E-state index in [1.165, 1.54) is 25.1 Å². The number of hydrogen-bond donors (Lipinski definition) is 1. The topological polar surface area (TPSA) is 82.3 Å². The molecule has 1 aliphatic carbocycles. The van der Waals surface area contributed by atoms with Crippen molar-refractivity contribution in [3.8, 4) is 22.6 Å². The van der Waals surface area contributed by atoms with E-state index in [0.717, 1.165) is 49.0 Å². The summed E-state index contributed by atoms with van der Waals surface area (Å²) in [6.45, 7) is 3.24. The molecule has 1 N–H and O–H groups in total. The lowest BCUT2D eigenvalue weighted by molar-refractivity contribution is -0.622. The number of rotatable bonds is 7. The lowest BCUT2D eigenvalue weighted by Gasteiger charge is -2.22. The Morgan fingerprint density at radius 3 is 2.43 bits per heavy atom. The molecule has 0 spiro atoms. The van der Waals surface area contributed by atoms with Crippen LogP contribution in [0, 0.1) is 23.8 Å². The number of halogens is 2. The Balaban J connectivity index is 1.83. The van der Waals surface area contributed by atoms with Crippen molar-refractivity contribution < 1.29 is 26.7 Å². The van der Waals surface area contributed by atoms with Gasteiger partial charge in [0.2, 0.25) is 10.0 Å². The van der Waals surface area contributed by atoms with Gasteiger partial charge in [0.25, 0.3) is 0 Å². The van der Waals surface area contributed by atoms with Gasteiger partial charge in [-0.15, -0.1) is 0 Å². The normalized spacial score (nSPS) is 14.6. The Kier molecular flexibility index (Phi) is 7.25. The second-order valence-electron chi connectivity index (χ2n) is 8.83. The molecule has 0 atom stereocenters. The summed E-state index contributed by atoms with van der Waals surface area (Å²) < 4.78 is 61.3. The number of hydrogen-bond acceptors (Lipinski definition) is 4. The predicted molar refractivity (Wildman–Crippen MR) is 131 cm³/mol. The van der Waals surface area contributed by atoms with Crippen molar-refractivity contribution in [3.63, 3.8) is 0 Å². The first-order valence-corrected chi connectivity index (χ1v) is 13.3. The summed E-state index contributed by atoms with van der Waals surface area (Å²) in [5.41, 5.74) is 2.57. The van der Waals surface area contributed by atoms with E-state index in [0.29, 0.717) is 28.2 Å². The van der Waals surface area contributed by atoms with Crippen LogP contribution >= 0.6 is 0 Å². The molecular formula is C26H28F2N2O4S. The number of nitrogens with one attached hydrogen (secondary N) is 1. The molecule has 1 heterocycles. The average molecular weight is 503 g/mol. The molecule has 186 valence electrons. The van der Waals surface area contributed by atoms with E-state index in [2.05, 4.69) is 4.72 Å². The summed E-state index contributed by atoms with van der Waals surface area (Å²) >= 11 is 0. The second kappa shape index (κ2) is 10.2. The summed E-state index contributed by atoms with van der Waals surface area (Å²) in [6, 6.07) is 11.1. The fourth-order valence-electron chi connectivity index (χ4n) is 4.42. The first-order valence-electron chi connectivity index (χ1n) is 11.7. The van der Waals surface area contributed by atoms with Crippen LogP contribution in [-0.4, -0.2) is 14.2 Å². The average Bonchev–Trinajstić information content (AvgIpc) is 2.83. The highest BCUT2D eigenvalue weighted by molar-refractivity contribution is 7.92. The minimum atomic E-state index is -3.54. The molecule has 2 aromatic carbocycles. The van der Waals surface area contributed by atoms with Crippen molar-refractivity contribution in [1.29, 1.82) is 0 Å². The highest BCUT2D eigenvalue weighted by Crippen LogP contribution is 2.39. The summed E-state index contributed by atoms with van der Waals surface area (Å²) in [5, 5.41) is 12.9. The minimum Gasteiger partial charge on any atom is -0.618 e. The zero-order valence-electron chi connectivity index (χ0n) is 19.7. The standard InChI is InChI=1S/C26H28F2N2O4S/c1-3-35(32,33)29-21-10-12-25(34-26-11-9-20(27)15-23(26)28)22(16-21)19-13-17(2)30(31)24(14-19)18-7-5-4-6-8-18/h9-16,18,29H,3-8H2,1-2H3. The quantitative estimate of drug-likeness (QED) is 0.309. The molecule has 1 saturated carbocycles. The van der Waals surface area contributed by atoms with Gasteiger partial charge in [-0.3, -0.25) is 4.72 Å². The molecule has 4 rings (SSSR count). The lowest BCUT2D eigenvalue weighted by atomic mass is 9.85. The number of aryl methyl sites for hydroxylation is 1. The molecule has 0 unspecified atom stereocenters. The van der Waals surface area contributed by atoms with Crippen molar-refractivity contribution in [2.45, 2.75) is 51.9 Å². The molecule has 0 radical (unpaired) electrons. The van der Waals surface area contributed by atoms with E-state index < -0.39 is 21.7 Å². The van der Waals surface area contributed by atoms with Crippen LogP contribution < -0.4 is 14.2 Å². The van der Waals surface area contributed by atoms with E-state index in [1.54, 1.807) is 25.1 Å². The molecule has 1 fully saturated rings. The smallest absolute Gasteiger partial charge is 0.232 e. The highest BCUT2D eigenvalue weighted by atomic mass is 32.2. The zero-order valence-corrected chi connectivity index (χ0v) is 20.5. The second-order valence-corrected chi connectivity index (χ2v) is 10.8. The van der Waals surface area contributed by atoms with Crippen LogP contribution in [0.1, 0.15) is 56.3 Å². The van der Waals surface area contributed by atoms with Crippen LogP contribution in [0.15, 0.2) is 48.5 Å². The van der Waals surface area contributed by atoms with Crippen molar-refractivity contribution in [3.05, 3.63) is 76.8 Å². The van der Waals surface area contributed by atoms with Gasteiger partial charge in [0.05, 0.1) is 5.75 Å². The number of nitrogens with zero attached hydrogens (tertiary/aromatic N) is 1. The zero-order chi connectivity index (χ0) is 25.2. The largest absolute Gasteiger partial charge is 0.618 e. The maximum atomic E-state index is 14.3. The summed E-state index contributed by atoms with van der Waals surface area (Å²) in [5.74, 6) is -1.50. The number of aromatic nitrogens is 1. The molecule has 1 aromatic heterocycles. The molecule has 0 saturated heterocycles. The number of anilines is 1. The number of ether oxygens (including phenoxy) is 1. The van der Waals surface area contributed by atoms with Crippen LogP contribution in [-0.2, 0) is 10.0 Å². The Bertz CT molecular complexity index is 1340. The number of pyridine rings is 1. The molecular weight excluding hydrogens is 474 g/mol. The Labute approximate surface area is 204 Å². The first kappa shape index (κ1) is 24.9. The monoisotopic (exact) mass is 502 g/mol. The molecule has 3 aromatic rings. The Morgan fingerprint density at radius 1 is 1.03 bits per heavy atom. The molecule has 0 aliphatic heterocycles. The van der Waals surface area contributed by atoms with Crippen LogP contribution in [0.2, 0.25) is 0 Å². The summed E-state index contributed by atoms with van der Waals surface area (Å²) in [7, 11) is -3.54. The lowest BCUT2D eigenvalue weighted by Crippen LogP contribution is -2.37. The fourth-order valence-corrected chi connectivity index (χ4v) is 5.05. The van der Waals surface area contributed by atoms with Crippen molar-refractivity contribution in [2.75, 3.05) is 10.5 Å². The van der Waals surface area contributed by atoms with Gasteiger partial charge in [-0.1, -0.05) is 19.3 Å². The molecule has 9 heteroatoms. The molecule has 6 nitrogen and oxygen atoms in total. The van der Waals surface area contributed by atoms with Crippen molar-refractivity contribution in [2.24, 2.45) is 0 Å². The first-order chi connectivity index (χ1) is 16.7. The third-order valence-corrected chi connectivity index (χ3v) is 7.61. The molecule has 1 aliphatic rings. The molecule has 35 heavy (non-hydrogen) atoms. The van der Waals surface area contributed by atoms with Crippen LogP contribution in [0.5, 0.6) is 11.5 Å². The Morgan fingerprint density at radius 2 is 1.74 bits per heavy atom. The van der Waals surface area contributed by atoms with Gasteiger partial charge >= 0.3 is 0 Å². The summed E-state index contributed by atoms with van der Waals surface area (Å²) in [4.78, 5) is 0. The van der Waals surface area contributed by atoms with E-state index in [1.807, 2.05) is 0 Å².